The molecule has 0 saturated carbocycles. The molecule has 2 rings (SSSR count). The van der Waals surface area contributed by atoms with Gasteiger partial charge in [-0.05, 0) is 45.2 Å². The Morgan fingerprint density at radius 3 is 1.84 bits per heavy atom. The molecule has 0 bridgehead atoms. The lowest BCUT2D eigenvalue weighted by atomic mass is 9.80. The van der Waals surface area contributed by atoms with Gasteiger partial charge in [0.15, 0.2) is 0 Å². The molecule has 2 nitrogen and oxygen atoms in total. The van der Waals surface area contributed by atoms with E-state index in [-0.39, 0.29) is 10.8 Å². The van der Waals surface area contributed by atoms with Crippen LogP contribution in [0.5, 0.6) is 5.75 Å². The fourth-order valence-electron chi connectivity index (χ4n) is 2.67. The normalized spacial score (nSPS) is 11.9. The zero-order chi connectivity index (χ0) is 18.7. The first-order valence-electron chi connectivity index (χ1n) is 8.84. The third-order valence-corrected chi connectivity index (χ3v) is 4.42. The van der Waals surface area contributed by atoms with Crippen molar-refractivity contribution in [1.29, 1.82) is 5.26 Å². The van der Waals surface area contributed by atoms with E-state index in [9.17, 15) is 0 Å². The van der Waals surface area contributed by atoms with Gasteiger partial charge in [-0.2, -0.15) is 5.26 Å². The van der Waals surface area contributed by atoms with Crippen molar-refractivity contribution in [1.82, 2.24) is 0 Å². The molecule has 0 aliphatic rings. The van der Waals surface area contributed by atoms with E-state index in [1.165, 1.54) is 11.1 Å². The molecule has 2 aromatic carbocycles. The lowest BCUT2D eigenvalue weighted by molar-refractivity contribution is 0.303. The van der Waals surface area contributed by atoms with Crippen LogP contribution in [0, 0.1) is 11.3 Å². The van der Waals surface area contributed by atoms with Gasteiger partial charge in [0.1, 0.15) is 12.4 Å². The summed E-state index contributed by atoms with van der Waals surface area (Å²) < 4.78 is 6.14. The standard InChI is InChI=1S/C23H29NO/c1-22(2,3)19-13-20(23(4,5)6)15-21(14-19)25-16-18-10-8-7-9-17(18)11-12-24/h7-10,13-15H,11,16H2,1-6H3. The van der Waals surface area contributed by atoms with Gasteiger partial charge < -0.3 is 4.74 Å². The Bertz CT molecular complexity index is 738. The Hall–Kier alpha value is -2.27. The molecule has 0 aliphatic heterocycles. The van der Waals surface area contributed by atoms with Crippen LogP contribution in [-0.4, -0.2) is 0 Å². The number of rotatable bonds is 4. The summed E-state index contributed by atoms with van der Waals surface area (Å²) in [4.78, 5) is 0. The van der Waals surface area contributed by atoms with Crippen LogP contribution in [-0.2, 0) is 23.9 Å². The molecule has 0 unspecified atom stereocenters. The highest BCUT2D eigenvalue weighted by atomic mass is 16.5. The summed E-state index contributed by atoms with van der Waals surface area (Å²) in [6.07, 6.45) is 0.412. The molecule has 0 heterocycles. The van der Waals surface area contributed by atoms with Crippen molar-refractivity contribution in [2.45, 2.75) is 65.4 Å². The molecule has 0 amide bonds. The van der Waals surface area contributed by atoms with E-state index < -0.39 is 0 Å². The summed E-state index contributed by atoms with van der Waals surface area (Å²) in [7, 11) is 0. The summed E-state index contributed by atoms with van der Waals surface area (Å²) in [5.41, 5.74) is 4.80. The van der Waals surface area contributed by atoms with Gasteiger partial charge in [-0.25, -0.2) is 0 Å². The maximum Gasteiger partial charge on any atom is 0.120 e. The molecule has 0 N–H and O–H groups in total. The van der Waals surface area contributed by atoms with Crippen LogP contribution in [0.4, 0.5) is 0 Å². The zero-order valence-corrected chi connectivity index (χ0v) is 16.3. The molecule has 0 atom stereocenters. The molecular weight excluding hydrogens is 306 g/mol. The molecule has 25 heavy (non-hydrogen) atoms. The second kappa shape index (κ2) is 7.31. The molecule has 132 valence electrons. The minimum absolute atomic E-state index is 0.0675. The minimum Gasteiger partial charge on any atom is -0.489 e. The van der Waals surface area contributed by atoms with Gasteiger partial charge in [-0.3, -0.25) is 0 Å². The van der Waals surface area contributed by atoms with E-state index in [0.29, 0.717) is 13.0 Å². The predicted molar refractivity (Wildman–Crippen MR) is 104 cm³/mol. The van der Waals surface area contributed by atoms with Crippen LogP contribution >= 0.6 is 0 Å². The van der Waals surface area contributed by atoms with Crippen LogP contribution in [0.2, 0.25) is 0 Å². The molecule has 0 radical (unpaired) electrons. The lowest BCUT2D eigenvalue weighted by Gasteiger charge is -2.26. The van der Waals surface area contributed by atoms with Crippen molar-refractivity contribution < 1.29 is 4.74 Å². The average Bonchev–Trinajstić information content (AvgIpc) is 2.52. The van der Waals surface area contributed by atoms with E-state index in [1.54, 1.807) is 0 Å². The van der Waals surface area contributed by atoms with E-state index in [4.69, 9.17) is 10.00 Å². The predicted octanol–water partition coefficient (Wildman–Crippen LogP) is 5.93. The molecule has 0 aliphatic carbocycles. The summed E-state index contributed by atoms with van der Waals surface area (Å²) in [5.74, 6) is 0.893. The first kappa shape index (κ1) is 19.1. The van der Waals surface area contributed by atoms with E-state index in [1.807, 2.05) is 24.3 Å². The van der Waals surface area contributed by atoms with Crippen LogP contribution in [0.1, 0.15) is 63.8 Å². The molecule has 2 heteroatoms. The van der Waals surface area contributed by atoms with Crippen molar-refractivity contribution >= 4 is 0 Å². The maximum atomic E-state index is 8.99. The summed E-state index contributed by atoms with van der Waals surface area (Å²) in [5, 5.41) is 8.99. The average molecular weight is 335 g/mol. The van der Waals surface area contributed by atoms with E-state index >= 15 is 0 Å². The summed E-state index contributed by atoms with van der Waals surface area (Å²) in [6.45, 7) is 13.8. The SMILES string of the molecule is CC(C)(C)c1cc(OCc2ccccc2CC#N)cc(C(C)(C)C)c1. The van der Waals surface area contributed by atoms with Gasteiger partial charge in [0.25, 0.3) is 0 Å². The highest BCUT2D eigenvalue weighted by Crippen LogP contribution is 2.33. The molecule has 2 aromatic rings. The quantitative estimate of drug-likeness (QED) is 0.694. The van der Waals surface area contributed by atoms with E-state index in [0.717, 1.165) is 16.9 Å². The third-order valence-electron chi connectivity index (χ3n) is 4.42. The van der Waals surface area contributed by atoms with Gasteiger partial charge in [0.2, 0.25) is 0 Å². The lowest BCUT2D eigenvalue weighted by Crippen LogP contribution is -2.16. The van der Waals surface area contributed by atoms with Crippen LogP contribution in [0.3, 0.4) is 0 Å². The monoisotopic (exact) mass is 335 g/mol. The molecule has 0 aromatic heterocycles. The van der Waals surface area contributed by atoms with Gasteiger partial charge in [-0.1, -0.05) is 71.9 Å². The van der Waals surface area contributed by atoms with E-state index in [2.05, 4.69) is 65.8 Å². The number of hydrogen-bond donors (Lipinski definition) is 0. The Kier molecular flexibility index (Phi) is 5.58. The fraction of sp³-hybridized carbons (Fsp3) is 0.435. The second-order valence-corrected chi connectivity index (χ2v) is 8.64. The number of hydrogen-bond acceptors (Lipinski definition) is 2. The Labute approximate surface area is 152 Å². The first-order valence-corrected chi connectivity index (χ1v) is 8.84. The highest BCUT2D eigenvalue weighted by Gasteiger charge is 2.21. The Balaban J connectivity index is 2.32. The number of ether oxygens (including phenoxy) is 1. The highest BCUT2D eigenvalue weighted by molar-refractivity contribution is 5.41. The topological polar surface area (TPSA) is 33.0 Å². The number of benzene rings is 2. The van der Waals surface area contributed by atoms with Crippen LogP contribution in [0.15, 0.2) is 42.5 Å². The van der Waals surface area contributed by atoms with Crippen molar-refractivity contribution in [3.63, 3.8) is 0 Å². The maximum absolute atomic E-state index is 8.99. The van der Waals surface area contributed by atoms with Gasteiger partial charge in [0.05, 0.1) is 12.5 Å². The number of nitrogens with zero attached hydrogens (tertiary/aromatic N) is 1. The molecular formula is C23H29NO. The van der Waals surface area contributed by atoms with Gasteiger partial charge >= 0.3 is 0 Å². The molecule has 0 spiro atoms. The smallest absolute Gasteiger partial charge is 0.120 e. The molecule has 0 saturated heterocycles. The van der Waals surface area contributed by atoms with Crippen molar-refractivity contribution in [2.24, 2.45) is 0 Å². The minimum atomic E-state index is 0.0675. The fourth-order valence-corrected chi connectivity index (χ4v) is 2.67. The van der Waals surface area contributed by atoms with Crippen LogP contribution in [0.25, 0.3) is 0 Å². The molecule has 0 fully saturated rings. The summed E-state index contributed by atoms with van der Waals surface area (Å²) >= 11 is 0. The van der Waals surface area contributed by atoms with Crippen LogP contribution < -0.4 is 4.74 Å². The summed E-state index contributed by atoms with van der Waals surface area (Å²) in [6, 6.07) is 16.8. The largest absolute Gasteiger partial charge is 0.489 e. The van der Waals surface area contributed by atoms with Gasteiger partial charge in [-0.15, -0.1) is 0 Å². The Morgan fingerprint density at radius 1 is 0.840 bits per heavy atom. The van der Waals surface area contributed by atoms with Crippen molar-refractivity contribution in [2.75, 3.05) is 0 Å². The van der Waals surface area contributed by atoms with Crippen molar-refractivity contribution in [3.8, 4) is 11.8 Å². The van der Waals surface area contributed by atoms with Crippen molar-refractivity contribution in [3.05, 3.63) is 64.7 Å². The third kappa shape index (κ3) is 5.10. The Morgan fingerprint density at radius 2 is 1.36 bits per heavy atom. The second-order valence-electron chi connectivity index (χ2n) is 8.64. The number of nitriles is 1. The first-order chi connectivity index (χ1) is 11.6. The van der Waals surface area contributed by atoms with Gasteiger partial charge in [0, 0.05) is 0 Å². The zero-order valence-electron chi connectivity index (χ0n) is 16.3.